The number of benzene rings is 2. The molecule has 0 atom stereocenters. The third-order valence-corrected chi connectivity index (χ3v) is 6.95. The van der Waals surface area contributed by atoms with Gasteiger partial charge in [0.05, 0.1) is 17.7 Å². The molecule has 2 aromatic carbocycles. The lowest BCUT2D eigenvalue weighted by Crippen LogP contribution is -1.98. The van der Waals surface area contributed by atoms with Crippen LogP contribution in [0.5, 0.6) is 5.75 Å². The summed E-state index contributed by atoms with van der Waals surface area (Å²) >= 11 is 0.763. The molecule has 0 radical (unpaired) electrons. The average molecular weight is 473 g/mol. The van der Waals surface area contributed by atoms with E-state index in [2.05, 4.69) is 9.97 Å². The van der Waals surface area contributed by atoms with Crippen LogP contribution in [0.1, 0.15) is 37.4 Å². The maximum atomic E-state index is 13.5. The van der Waals surface area contributed by atoms with E-state index < -0.39 is 11.8 Å². The number of aromatic hydroxyl groups is 1. The first-order valence-corrected chi connectivity index (χ1v) is 11.3. The Morgan fingerprint density at radius 3 is 2.53 bits per heavy atom. The first-order valence-electron chi connectivity index (χ1n) is 10.5. The fourth-order valence-corrected chi connectivity index (χ4v) is 5.18. The number of rotatable bonds is 6. The van der Waals surface area contributed by atoms with Crippen molar-refractivity contribution in [2.24, 2.45) is 0 Å². The number of para-hydroxylation sites is 2. The lowest BCUT2D eigenvalue weighted by atomic mass is 10.0. The quantitative estimate of drug-likeness (QED) is 0.211. The number of thiophene rings is 1. The van der Waals surface area contributed by atoms with Gasteiger partial charge in [-0.3, -0.25) is 4.79 Å². The van der Waals surface area contributed by atoms with Crippen LogP contribution in [0.2, 0.25) is 0 Å². The molecule has 0 bridgehead atoms. The van der Waals surface area contributed by atoms with E-state index in [0.717, 1.165) is 33.4 Å². The second-order valence-corrected chi connectivity index (χ2v) is 9.01. The smallest absolute Gasteiger partial charge is 0.346 e. The second kappa shape index (κ2) is 8.33. The summed E-state index contributed by atoms with van der Waals surface area (Å²) in [5.74, 6) is -2.04. The van der Waals surface area contributed by atoms with Crippen molar-refractivity contribution < 1.29 is 24.9 Å². The number of aliphatic hydroxyl groups excluding tert-OH is 1. The summed E-state index contributed by atoms with van der Waals surface area (Å²) < 4.78 is 0. The van der Waals surface area contributed by atoms with Crippen LogP contribution in [-0.2, 0) is 0 Å². The molecule has 3 heterocycles. The Hall–Kier alpha value is -4.14. The number of fused-ring (bicyclic) bond motifs is 2. The van der Waals surface area contributed by atoms with E-state index >= 15 is 0 Å². The van der Waals surface area contributed by atoms with Gasteiger partial charge in [0.1, 0.15) is 15.5 Å². The van der Waals surface area contributed by atoms with E-state index in [1.807, 2.05) is 36.4 Å². The number of carbonyl (C=O) groups is 2. The highest BCUT2D eigenvalue weighted by Gasteiger charge is 2.30. The highest BCUT2D eigenvalue weighted by atomic mass is 32.1. The number of aromatic amines is 2. The number of aromatic carboxylic acids is 1. The van der Waals surface area contributed by atoms with Crippen molar-refractivity contribution in [1.82, 2.24) is 9.97 Å². The van der Waals surface area contributed by atoms with E-state index in [0.29, 0.717) is 22.0 Å². The van der Waals surface area contributed by atoms with Gasteiger partial charge < -0.3 is 25.3 Å². The van der Waals surface area contributed by atoms with Gasteiger partial charge in [-0.15, -0.1) is 11.3 Å². The number of aliphatic hydroxyl groups is 1. The zero-order valence-corrected chi connectivity index (χ0v) is 18.9. The predicted molar refractivity (Wildman–Crippen MR) is 133 cm³/mol. The first kappa shape index (κ1) is 21.7. The fraction of sp³-hybridized carbons (Fsp3) is 0.0769. The molecule has 170 valence electrons. The van der Waals surface area contributed by atoms with Crippen molar-refractivity contribution in [2.75, 3.05) is 6.61 Å². The number of nitrogens with one attached hydrogen (secondary N) is 2. The maximum absolute atomic E-state index is 13.5. The molecule has 7 nitrogen and oxygen atoms in total. The monoisotopic (exact) mass is 472 g/mol. The summed E-state index contributed by atoms with van der Waals surface area (Å²) in [6.07, 6.45) is 5.03. The summed E-state index contributed by atoms with van der Waals surface area (Å²) in [5.41, 5.74) is 4.05. The highest BCUT2D eigenvalue weighted by Crippen LogP contribution is 2.45. The van der Waals surface area contributed by atoms with E-state index in [1.165, 1.54) is 0 Å². The number of hydrogen-bond donors (Lipinski definition) is 5. The van der Waals surface area contributed by atoms with Gasteiger partial charge in [0, 0.05) is 39.8 Å². The molecule has 0 fully saturated rings. The molecule has 0 amide bonds. The standard InChI is InChI=1S/C26H20N2O5S/c1-13(12-29)9-14-5-4-7-16-18(11-28-21(14)16)22(30)25-23(31)20(24(34-25)26(32)33)17-10-27-19-8-3-2-6-15(17)19/h2-11,27-29,31H,12H2,1H3,(H,32,33). The summed E-state index contributed by atoms with van der Waals surface area (Å²) in [7, 11) is 0. The number of carboxylic acids is 1. The van der Waals surface area contributed by atoms with E-state index in [4.69, 9.17) is 0 Å². The lowest BCUT2D eigenvalue weighted by Gasteiger charge is -2.03. The molecule has 0 aliphatic heterocycles. The molecular formula is C26H20N2O5S. The number of carbonyl (C=O) groups excluding carboxylic acids is 1. The fourth-order valence-electron chi connectivity index (χ4n) is 4.17. The number of aromatic nitrogens is 2. The molecule has 8 heteroatoms. The normalized spacial score (nSPS) is 12.0. The molecule has 0 saturated heterocycles. The molecule has 0 aliphatic rings. The van der Waals surface area contributed by atoms with Gasteiger partial charge in [-0.25, -0.2) is 4.79 Å². The van der Waals surface area contributed by atoms with Gasteiger partial charge in [0.2, 0.25) is 5.78 Å². The van der Waals surface area contributed by atoms with Crippen molar-refractivity contribution in [3.05, 3.63) is 81.3 Å². The largest absolute Gasteiger partial charge is 0.506 e. The van der Waals surface area contributed by atoms with Crippen LogP contribution in [0.15, 0.2) is 60.4 Å². The third kappa shape index (κ3) is 3.40. The van der Waals surface area contributed by atoms with Crippen molar-refractivity contribution >= 4 is 51.0 Å². The van der Waals surface area contributed by atoms with Gasteiger partial charge in [0.25, 0.3) is 0 Å². The number of H-pyrrole nitrogens is 2. The lowest BCUT2D eigenvalue weighted by molar-refractivity contribution is 0.0702. The van der Waals surface area contributed by atoms with E-state index in [-0.39, 0.29) is 27.7 Å². The van der Waals surface area contributed by atoms with Crippen LogP contribution in [0.4, 0.5) is 0 Å². The van der Waals surface area contributed by atoms with Crippen LogP contribution in [0.25, 0.3) is 39.0 Å². The molecule has 5 N–H and O–H groups in total. The maximum Gasteiger partial charge on any atom is 0.346 e. The minimum atomic E-state index is -1.22. The minimum Gasteiger partial charge on any atom is -0.506 e. The van der Waals surface area contributed by atoms with E-state index in [1.54, 1.807) is 31.5 Å². The number of hydrogen-bond acceptors (Lipinski definition) is 5. The third-order valence-electron chi connectivity index (χ3n) is 5.79. The van der Waals surface area contributed by atoms with Crippen LogP contribution < -0.4 is 0 Å². The molecular weight excluding hydrogens is 452 g/mol. The Morgan fingerprint density at radius 1 is 1.00 bits per heavy atom. The Kier molecular flexibility index (Phi) is 5.31. The van der Waals surface area contributed by atoms with Gasteiger partial charge in [0.15, 0.2) is 0 Å². The molecule has 0 aliphatic carbocycles. The van der Waals surface area contributed by atoms with Gasteiger partial charge in [-0.2, -0.15) is 0 Å². The second-order valence-electron chi connectivity index (χ2n) is 7.99. The van der Waals surface area contributed by atoms with Crippen LogP contribution in [0.3, 0.4) is 0 Å². The first-order chi connectivity index (χ1) is 16.4. The van der Waals surface area contributed by atoms with Crippen molar-refractivity contribution in [2.45, 2.75) is 6.92 Å². The topological polar surface area (TPSA) is 126 Å². The minimum absolute atomic E-state index is 0.0361. The summed E-state index contributed by atoms with van der Waals surface area (Å²) in [4.78, 5) is 31.6. The van der Waals surface area contributed by atoms with Crippen LogP contribution in [-0.4, -0.2) is 43.6 Å². The summed E-state index contributed by atoms with van der Waals surface area (Å²) in [6, 6.07) is 12.8. The van der Waals surface area contributed by atoms with Crippen LogP contribution in [0, 0.1) is 0 Å². The van der Waals surface area contributed by atoms with Gasteiger partial charge in [-0.1, -0.05) is 42.5 Å². The zero-order valence-electron chi connectivity index (χ0n) is 18.0. The Balaban J connectivity index is 1.67. The van der Waals surface area contributed by atoms with Gasteiger partial charge in [-0.05, 0) is 24.1 Å². The van der Waals surface area contributed by atoms with Crippen molar-refractivity contribution in [1.29, 1.82) is 0 Å². The summed E-state index contributed by atoms with van der Waals surface area (Å²) in [5, 5.41) is 31.7. The van der Waals surface area contributed by atoms with Gasteiger partial charge >= 0.3 is 5.97 Å². The molecule has 3 aromatic heterocycles. The average Bonchev–Trinajstić information content (AvgIpc) is 3.54. The van der Waals surface area contributed by atoms with Crippen LogP contribution >= 0.6 is 11.3 Å². The Labute approximate surface area is 197 Å². The molecule has 5 aromatic rings. The molecule has 34 heavy (non-hydrogen) atoms. The Bertz CT molecular complexity index is 1620. The SMILES string of the molecule is CC(=Cc1cccc2c(C(=O)c3sc(C(=O)O)c(-c4c[nH]c5ccccc45)c3O)c[nH]c12)CO. The summed E-state index contributed by atoms with van der Waals surface area (Å²) in [6.45, 7) is 1.72. The van der Waals surface area contributed by atoms with E-state index in [9.17, 15) is 24.9 Å². The Morgan fingerprint density at radius 2 is 1.76 bits per heavy atom. The molecule has 5 rings (SSSR count). The molecule has 0 unspecified atom stereocenters. The number of carboxylic acid groups (broad SMARTS) is 1. The van der Waals surface area contributed by atoms with Crippen molar-refractivity contribution in [3.63, 3.8) is 0 Å². The predicted octanol–water partition coefficient (Wildman–Crippen LogP) is 5.41. The highest BCUT2D eigenvalue weighted by molar-refractivity contribution is 7.17. The zero-order chi connectivity index (χ0) is 24.0. The number of ketones is 1. The molecule has 0 spiro atoms. The van der Waals surface area contributed by atoms with Crippen molar-refractivity contribution in [3.8, 4) is 16.9 Å². The molecule has 0 saturated carbocycles.